The molecule has 0 radical (unpaired) electrons. The average molecular weight is 362 g/mol. The first-order valence-corrected chi connectivity index (χ1v) is 9.77. The molecule has 2 aromatic rings. The van der Waals surface area contributed by atoms with Crippen LogP contribution in [0.1, 0.15) is 34.5 Å². The molecule has 25 heavy (non-hydrogen) atoms. The molecule has 0 fully saturated rings. The number of anilines is 1. The van der Waals surface area contributed by atoms with E-state index in [9.17, 15) is 17.6 Å². The Labute approximate surface area is 146 Å². The summed E-state index contributed by atoms with van der Waals surface area (Å²) in [7, 11) is -3.31. The molecular weight excluding hydrogens is 343 g/mol. The van der Waals surface area contributed by atoms with Crippen LogP contribution in [0.25, 0.3) is 0 Å². The predicted molar refractivity (Wildman–Crippen MR) is 94.6 cm³/mol. The van der Waals surface area contributed by atoms with E-state index in [0.29, 0.717) is 24.2 Å². The molecule has 7 heteroatoms. The first kappa shape index (κ1) is 17.4. The lowest BCUT2D eigenvalue weighted by Gasteiger charge is -2.17. The van der Waals surface area contributed by atoms with E-state index < -0.39 is 10.0 Å². The number of sulfonamides is 1. The molecule has 1 aliphatic rings. The van der Waals surface area contributed by atoms with Crippen molar-refractivity contribution >= 4 is 21.6 Å². The van der Waals surface area contributed by atoms with Crippen LogP contribution in [0.15, 0.2) is 42.5 Å². The van der Waals surface area contributed by atoms with Gasteiger partial charge in [-0.1, -0.05) is 12.1 Å². The van der Waals surface area contributed by atoms with Gasteiger partial charge in [0.25, 0.3) is 5.91 Å². The minimum absolute atomic E-state index is 0.252. The van der Waals surface area contributed by atoms with Crippen LogP contribution < -0.4 is 9.62 Å². The van der Waals surface area contributed by atoms with Gasteiger partial charge in [-0.05, 0) is 54.8 Å². The van der Waals surface area contributed by atoms with Crippen LogP contribution in [-0.2, 0) is 16.4 Å². The standard InChI is InChI=1S/C18H19FN2O3S/c1-12(13-3-6-16(19)7-4-13)20-18(22)15-5-8-17-14(11-15)9-10-21(17)25(2,23)24/h3-8,11-12H,9-10H2,1-2H3,(H,20,22)/t12-/m0/s1. The summed E-state index contributed by atoms with van der Waals surface area (Å²) in [6.07, 6.45) is 1.75. The topological polar surface area (TPSA) is 66.5 Å². The molecule has 2 aromatic carbocycles. The zero-order chi connectivity index (χ0) is 18.2. The Bertz CT molecular complexity index is 910. The van der Waals surface area contributed by atoms with Gasteiger partial charge in [-0.15, -0.1) is 0 Å². The molecule has 1 atom stereocenters. The summed E-state index contributed by atoms with van der Waals surface area (Å²) >= 11 is 0. The van der Waals surface area contributed by atoms with Crippen molar-refractivity contribution < 1.29 is 17.6 Å². The third-order valence-electron chi connectivity index (χ3n) is 4.31. The first-order chi connectivity index (χ1) is 11.8. The van der Waals surface area contributed by atoms with Gasteiger partial charge in [0.2, 0.25) is 10.0 Å². The van der Waals surface area contributed by atoms with Crippen molar-refractivity contribution in [2.24, 2.45) is 0 Å². The van der Waals surface area contributed by atoms with Gasteiger partial charge in [0, 0.05) is 12.1 Å². The fourth-order valence-corrected chi connectivity index (χ4v) is 3.93. The maximum atomic E-state index is 13.0. The third-order valence-corrected chi connectivity index (χ3v) is 5.49. The number of rotatable bonds is 4. The zero-order valence-electron chi connectivity index (χ0n) is 14.0. The number of hydrogen-bond donors (Lipinski definition) is 1. The summed E-state index contributed by atoms with van der Waals surface area (Å²) in [5.74, 6) is -0.575. The predicted octanol–water partition coefficient (Wildman–Crippen LogP) is 2.64. The van der Waals surface area contributed by atoms with Gasteiger partial charge in [0.15, 0.2) is 0 Å². The van der Waals surface area contributed by atoms with Gasteiger partial charge in [0.1, 0.15) is 5.82 Å². The van der Waals surface area contributed by atoms with Crippen LogP contribution >= 0.6 is 0 Å². The highest BCUT2D eigenvalue weighted by molar-refractivity contribution is 7.92. The van der Waals surface area contributed by atoms with Crippen molar-refractivity contribution in [3.63, 3.8) is 0 Å². The normalized spacial score (nSPS) is 14.9. The molecular formula is C18H19FN2O3S. The molecule has 1 aliphatic heterocycles. The summed E-state index contributed by atoms with van der Waals surface area (Å²) in [5, 5.41) is 2.87. The number of fused-ring (bicyclic) bond motifs is 1. The highest BCUT2D eigenvalue weighted by Gasteiger charge is 2.26. The van der Waals surface area contributed by atoms with E-state index in [1.807, 2.05) is 6.92 Å². The number of amides is 1. The Morgan fingerprint density at radius 2 is 1.88 bits per heavy atom. The number of benzene rings is 2. The van der Waals surface area contributed by atoms with Gasteiger partial charge in [-0.25, -0.2) is 12.8 Å². The Kier molecular flexibility index (Phi) is 4.51. The van der Waals surface area contributed by atoms with Crippen molar-refractivity contribution in [3.05, 3.63) is 65.0 Å². The number of hydrogen-bond acceptors (Lipinski definition) is 3. The molecule has 1 N–H and O–H groups in total. The van der Waals surface area contributed by atoms with Crippen molar-refractivity contribution in [3.8, 4) is 0 Å². The van der Waals surface area contributed by atoms with Crippen LogP contribution in [-0.4, -0.2) is 27.1 Å². The molecule has 0 spiro atoms. The lowest BCUT2D eigenvalue weighted by Crippen LogP contribution is -2.28. The fourth-order valence-electron chi connectivity index (χ4n) is 2.97. The molecule has 132 valence electrons. The second-order valence-corrected chi connectivity index (χ2v) is 8.08. The number of carbonyl (C=O) groups is 1. The second-order valence-electron chi connectivity index (χ2n) is 6.18. The minimum Gasteiger partial charge on any atom is -0.346 e. The Hall–Kier alpha value is -2.41. The fraction of sp³-hybridized carbons (Fsp3) is 0.278. The quantitative estimate of drug-likeness (QED) is 0.909. The summed E-state index contributed by atoms with van der Waals surface area (Å²) < 4.78 is 37.9. The molecule has 1 heterocycles. The van der Waals surface area contributed by atoms with Gasteiger partial charge in [-0.3, -0.25) is 9.10 Å². The smallest absolute Gasteiger partial charge is 0.251 e. The van der Waals surface area contributed by atoms with E-state index >= 15 is 0 Å². The molecule has 1 amide bonds. The molecule has 0 saturated carbocycles. The SMILES string of the molecule is C[C@H](NC(=O)c1ccc2c(c1)CCN2S(C)(=O)=O)c1ccc(F)cc1. The average Bonchev–Trinajstić information content (AvgIpc) is 2.98. The molecule has 5 nitrogen and oxygen atoms in total. The minimum atomic E-state index is -3.31. The number of nitrogens with zero attached hydrogens (tertiary/aromatic N) is 1. The lowest BCUT2D eigenvalue weighted by atomic mass is 10.1. The Morgan fingerprint density at radius 1 is 1.20 bits per heavy atom. The molecule has 0 aliphatic carbocycles. The van der Waals surface area contributed by atoms with Crippen molar-refractivity contribution in [1.82, 2.24) is 5.32 Å². The van der Waals surface area contributed by atoms with E-state index in [1.165, 1.54) is 22.7 Å². The summed E-state index contributed by atoms with van der Waals surface area (Å²) in [6.45, 7) is 2.22. The van der Waals surface area contributed by atoms with Gasteiger partial charge in [-0.2, -0.15) is 0 Å². The van der Waals surface area contributed by atoms with E-state index in [1.54, 1.807) is 30.3 Å². The van der Waals surface area contributed by atoms with E-state index in [0.717, 1.165) is 11.1 Å². The van der Waals surface area contributed by atoms with Crippen molar-refractivity contribution in [2.45, 2.75) is 19.4 Å². The zero-order valence-corrected chi connectivity index (χ0v) is 14.8. The molecule has 0 aromatic heterocycles. The molecule has 0 saturated heterocycles. The Morgan fingerprint density at radius 3 is 2.52 bits per heavy atom. The monoisotopic (exact) mass is 362 g/mol. The number of nitrogens with one attached hydrogen (secondary N) is 1. The lowest BCUT2D eigenvalue weighted by molar-refractivity contribution is 0.0940. The van der Waals surface area contributed by atoms with Crippen LogP contribution in [0, 0.1) is 5.82 Å². The Balaban J connectivity index is 1.77. The molecule has 0 unspecified atom stereocenters. The van der Waals surface area contributed by atoms with E-state index in [4.69, 9.17) is 0 Å². The van der Waals surface area contributed by atoms with Gasteiger partial charge >= 0.3 is 0 Å². The van der Waals surface area contributed by atoms with Gasteiger partial charge < -0.3 is 5.32 Å². The van der Waals surface area contributed by atoms with Crippen LogP contribution in [0.3, 0.4) is 0 Å². The van der Waals surface area contributed by atoms with Crippen LogP contribution in [0.2, 0.25) is 0 Å². The summed E-state index contributed by atoms with van der Waals surface area (Å²) in [5.41, 5.74) is 2.75. The third kappa shape index (κ3) is 3.66. The maximum Gasteiger partial charge on any atom is 0.251 e. The second kappa shape index (κ2) is 6.48. The largest absolute Gasteiger partial charge is 0.346 e. The van der Waals surface area contributed by atoms with Crippen LogP contribution in [0.5, 0.6) is 0 Å². The van der Waals surface area contributed by atoms with Crippen molar-refractivity contribution in [2.75, 3.05) is 17.1 Å². The molecule has 3 rings (SSSR count). The van der Waals surface area contributed by atoms with E-state index in [2.05, 4.69) is 5.32 Å². The highest BCUT2D eigenvalue weighted by atomic mass is 32.2. The summed E-state index contributed by atoms with van der Waals surface area (Å²) in [6, 6.07) is 10.7. The number of halogens is 1. The molecule has 0 bridgehead atoms. The van der Waals surface area contributed by atoms with E-state index in [-0.39, 0.29) is 17.8 Å². The highest BCUT2D eigenvalue weighted by Crippen LogP contribution is 2.30. The summed E-state index contributed by atoms with van der Waals surface area (Å²) in [4.78, 5) is 12.5. The van der Waals surface area contributed by atoms with Crippen molar-refractivity contribution in [1.29, 1.82) is 0 Å². The maximum absolute atomic E-state index is 13.0. The van der Waals surface area contributed by atoms with Crippen LogP contribution in [0.4, 0.5) is 10.1 Å². The first-order valence-electron chi connectivity index (χ1n) is 7.92. The number of carbonyl (C=O) groups excluding carboxylic acids is 1. The van der Waals surface area contributed by atoms with Gasteiger partial charge in [0.05, 0.1) is 18.0 Å².